The molecule has 1 atom stereocenters. The first kappa shape index (κ1) is 13.5. The van der Waals surface area contributed by atoms with Gasteiger partial charge in [0.25, 0.3) is 0 Å². The van der Waals surface area contributed by atoms with E-state index in [1.54, 1.807) is 12.2 Å². The van der Waals surface area contributed by atoms with Gasteiger partial charge in [0.1, 0.15) is 5.68 Å². The molecule has 0 aromatic carbocycles. The molecule has 0 aliphatic rings. The van der Waals surface area contributed by atoms with E-state index in [1.165, 1.54) is 25.7 Å². The molecule has 0 aromatic heterocycles. The number of rotatable bonds is 8. The summed E-state index contributed by atoms with van der Waals surface area (Å²) in [6.45, 7) is 6.20. The van der Waals surface area contributed by atoms with E-state index in [9.17, 15) is 4.79 Å². The van der Waals surface area contributed by atoms with Crippen molar-refractivity contribution in [2.75, 3.05) is 0 Å². The molecule has 0 aliphatic heterocycles. The third-order valence-electron chi connectivity index (χ3n) is 2.29. The highest BCUT2D eigenvalue weighted by molar-refractivity contribution is 6.77. The summed E-state index contributed by atoms with van der Waals surface area (Å²) >= 11 is 0. The second-order valence-corrected chi connectivity index (χ2v) is 3.90. The van der Waals surface area contributed by atoms with Crippen LogP contribution >= 0.6 is 0 Å². The number of allylic oxidation sites excluding steroid dienone is 2. The molecule has 0 heterocycles. The summed E-state index contributed by atoms with van der Waals surface area (Å²) in [7, 11) is 1.83. The number of carbonyl (C=O) groups is 1. The predicted octanol–water partition coefficient (Wildman–Crippen LogP) is 3.57. The third-order valence-corrected chi connectivity index (χ3v) is 2.29. The molecule has 14 heavy (non-hydrogen) atoms. The van der Waals surface area contributed by atoms with E-state index < -0.39 is 0 Å². The van der Waals surface area contributed by atoms with Crippen molar-refractivity contribution in [3.8, 4) is 0 Å². The topological polar surface area (TPSA) is 17.1 Å². The van der Waals surface area contributed by atoms with Gasteiger partial charge in [-0.3, -0.25) is 0 Å². The fourth-order valence-corrected chi connectivity index (χ4v) is 1.48. The molecule has 1 radical (unpaired) electrons. The lowest BCUT2D eigenvalue weighted by molar-refractivity contribution is -0.108. The van der Waals surface area contributed by atoms with Gasteiger partial charge in [-0.05, 0) is 13.0 Å². The van der Waals surface area contributed by atoms with Crippen LogP contribution in [0.3, 0.4) is 0 Å². The zero-order valence-corrected chi connectivity index (χ0v) is 9.75. The zero-order valence-electron chi connectivity index (χ0n) is 9.75. The Bertz CT molecular complexity index is 175. The standard InChI is InChI=1S/C12H22BO/c1-4-6-7-8-10-11(3)13-12(14)9-5-2/h5,9,11H,4,6-8,10H2,1-3H3/b9-5+. The van der Waals surface area contributed by atoms with E-state index in [1.807, 2.05) is 14.2 Å². The van der Waals surface area contributed by atoms with Crippen LogP contribution in [0.5, 0.6) is 0 Å². The second-order valence-electron chi connectivity index (χ2n) is 3.90. The van der Waals surface area contributed by atoms with E-state index in [0.29, 0.717) is 5.82 Å². The van der Waals surface area contributed by atoms with Crippen molar-refractivity contribution in [1.82, 2.24) is 0 Å². The van der Waals surface area contributed by atoms with Crippen molar-refractivity contribution < 1.29 is 4.79 Å². The summed E-state index contributed by atoms with van der Waals surface area (Å²) in [4.78, 5) is 11.2. The van der Waals surface area contributed by atoms with Gasteiger partial charge in [0.15, 0.2) is 0 Å². The van der Waals surface area contributed by atoms with Gasteiger partial charge in [0.05, 0.1) is 0 Å². The minimum atomic E-state index is 0.149. The van der Waals surface area contributed by atoms with E-state index in [-0.39, 0.29) is 5.68 Å². The smallest absolute Gasteiger partial charge is 0.211 e. The third kappa shape index (κ3) is 8.09. The quantitative estimate of drug-likeness (QED) is 0.327. The van der Waals surface area contributed by atoms with Gasteiger partial charge in [0, 0.05) is 0 Å². The molecule has 0 saturated carbocycles. The minimum absolute atomic E-state index is 0.149. The molecule has 0 aromatic rings. The van der Waals surface area contributed by atoms with Crippen LogP contribution in [0, 0.1) is 0 Å². The molecule has 2 heteroatoms. The van der Waals surface area contributed by atoms with Gasteiger partial charge in [-0.25, -0.2) is 0 Å². The van der Waals surface area contributed by atoms with Crippen molar-refractivity contribution in [3.63, 3.8) is 0 Å². The Balaban J connectivity index is 3.44. The molecule has 0 rings (SSSR count). The van der Waals surface area contributed by atoms with Crippen LogP contribution in [-0.2, 0) is 4.79 Å². The van der Waals surface area contributed by atoms with E-state index in [4.69, 9.17) is 0 Å². The Labute approximate surface area is 89.2 Å². The van der Waals surface area contributed by atoms with Gasteiger partial charge >= 0.3 is 0 Å². The van der Waals surface area contributed by atoms with Crippen LogP contribution in [0.4, 0.5) is 0 Å². The molecule has 0 spiro atoms. The number of hydrogen-bond donors (Lipinski definition) is 0. The van der Waals surface area contributed by atoms with Gasteiger partial charge in [-0.15, -0.1) is 0 Å². The summed E-state index contributed by atoms with van der Waals surface area (Å²) in [6, 6.07) is 0. The highest BCUT2D eigenvalue weighted by Gasteiger charge is 2.08. The Morgan fingerprint density at radius 1 is 1.36 bits per heavy atom. The van der Waals surface area contributed by atoms with Gasteiger partial charge in [-0.1, -0.05) is 57.8 Å². The lowest BCUT2D eigenvalue weighted by Gasteiger charge is -2.06. The second kappa shape index (κ2) is 9.05. The average molecular weight is 193 g/mol. The molecule has 1 unspecified atom stereocenters. The summed E-state index contributed by atoms with van der Waals surface area (Å²) in [5.41, 5.74) is 0.149. The lowest BCUT2D eigenvalue weighted by atomic mass is 9.60. The molecular formula is C12H22BO. The maximum atomic E-state index is 11.2. The molecule has 79 valence electrons. The predicted molar refractivity (Wildman–Crippen MR) is 63.8 cm³/mol. The SMILES string of the molecule is C/C=C/C(=O)[B]C(C)CCCCCC. The van der Waals surface area contributed by atoms with Crippen molar-refractivity contribution >= 4 is 13.0 Å². The van der Waals surface area contributed by atoms with Crippen LogP contribution in [0.2, 0.25) is 5.82 Å². The highest BCUT2D eigenvalue weighted by Crippen LogP contribution is 2.14. The monoisotopic (exact) mass is 193 g/mol. The molecule has 0 saturated heterocycles. The highest BCUT2D eigenvalue weighted by atomic mass is 16.1. The molecule has 0 fully saturated rings. The van der Waals surface area contributed by atoms with Crippen molar-refractivity contribution in [2.24, 2.45) is 0 Å². The fraction of sp³-hybridized carbons (Fsp3) is 0.750. The van der Waals surface area contributed by atoms with Crippen LogP contribution in [-0.4, -0.2) is 13.0 Å². The van der Waals surface area contributed by atoms with Crippen LogP contribution in [0.25, 0.3) is 0 Å². The summed E-state index contributed by atoms with van der Waals surface area (Å²) in [5.74, 6) is 0.426. The zero-order chi connectivity index (χ0) is 10.8. The van der Waals surface area contributed by atoms with Crippen LogP contribution in [0.15, 0.2) is 12.2 Å². The Morgan fingerprint density at radius 2 is 2.07 bits per heavy atom. The Hall–Kier alpha value is -0.525. The van der Waals surface area contributed by atoms with Gasteiger partial charge < -0.3 is 4.79 Å². The number of carbonyl (C=O) groups excluding carboxylic acids is 1. The number of hydrogen-bond acceptors (Lipinski definition) is 1. The average Bonchev–Trinajstić information content (AvgIpc) is 2.13. The Kier molecular flexibility index (Phi) is 8.71. The molecule has 0 aliphatic carbocycles. The summed E-state index contributed by atoms with van der Waals surface area (Å²) < 4.78 is 0. The summed E-state index contributed by atoms with van der Waals surface area (Å²) in [6.07, 6.45) is 9.70. The van der Waals surface area contributed by atoms with Crippen molar-refractivity contribution in [2.45, 2.75) is 58.7 Å². The fourth-order valence-electron chi connectivity index (χ4n) is 1.48. The van der Waals surface area contributed by atoms with E-state index in [0.717, 1.165) is 6.42 Å². The van der Waals surface area contributed by atoms with Crippen LogP contribution < -0.4 is 0 Å². The first-order chi connectivity index (χ1) is 6.70. The van der Waals surface area contributed by atoms with E-state index >= 15 is 0 Å². The lowest BCUT2D eigenvalue weighted by Crippen LogP contribution is -2.10. The van der Waals surface area contributed by atoms with Crippen molar-refractivity contribution in [1.29, 1.82) is 0 Å². The summed E-state index contributed by atoms with van der Waals surface area (Å²) in [5, 5.41) is 0. The maximum absolute atomic E-state index is 11.2. The van der Waals surface area contributed by atoms with Crippen molar-refractivity contribution in [3.05, 3.63) is 12.2 Å². The molecule has 0 N–H and O–H groups in total. The minimum Gasteiger partial charge on any atom is -0.307 e. The molecule has 0 amide bonds. The van der Waals surface area contributed by atoms with Gasteiger partial charge in [-0.2, -0.15) is 0 Å². The number of unbranched alkanes of at least 4 members (excludes halogenated alkanes) is 3. The molecule has 0 bridgehead atoms. The van der Waals surface area contributed by atoms with E-state index in [2.05, 4.69) is 13.8 Å². The normalized spacial score (nSPS) is 13.1. The molecule has 1 nitrogen and oxygen atoms in total. The largest absolute Gasteiger partial charge is 0.307 e. The Morgan fingerprint density at radius 3 is 2.64 bits per heavy atom. The van der Waals surface area contributed by atoms with Gasteiger partial charge in [0.2, 0.25) is 7.28 Å². The van der Waals surface area contributed by atoms with Crippen LogP contribution in [0.1, 0.15) is 52.9 Å². The first-order valence-electron chi connectivity index (χ1n) is 5.72. The first-order valence-corrected chi connectivity index (χ1v) is 5.72. The molecular weight excluding hydrogens is 171 g/mol. The maximum Gasteiger partial charge on any atom is 0.211 e.